The number of hydrogen-bond donors (Lipinski definition) is 2. The van der Waals surface area contributed by atoms with Crippen molar-refractivity contribution < 1.29 is 42.7 Å². The molecule has 2 aromatic heterocycles. The molecule has 0 radical (unpaired) electrons. The van der Waals surface area contributed by atoms with Crippen LogP contribution in [0.3, 0.4) is 0 Å². The highest BCUT2D eigenvalue weighted by Gasteiger charge is 2.39. The number of fused-ring (bicyclic) bond motifs is 2. The van der Waals surface area contributed by atoms with Crippen molar-refractivity contribution in [3.05, 3.63) is 83.3 Å². The Labute approximate surface area is 357 Å². The van der Waals surface area contributed by atoms with Crippen LogP contribution in [0.5, 0.6) is 0 Å². The van der Waals surface area contributed by atoms with E-state index < -0.39 is 18.2 Å². The molecule has 2 N–H and O–H groups in total. The number of anilines is 2. The SMILES string of the molecule is CC(=O)N1c2ccc(-c3cc(C=O)co3)cc2C(N(C(=O)O)C(C)C)CC1C.CC(=O)N1c2ccc(-c3cc(CN4CCCCC4)co3)cc2C(NC(=O)OC(C)C)CC1C. The third-order valence-corrected chi connectivity index (χ3v) is 11.6. The van der Waals surface area contributed by atoms with Gasteiger partial charge in [0.15, 0.2) is 6.29 Å². The van der Waals surface area contributed by atoms with E-state index in [1.807, 2.05) is 84.2 Å². The highest BCUT2D eigenvalue weighted by molar-refractivity contribution is 5.95. The summed E-state index contributed by atoms with van der Waals surface area (Å²) in [6, 6.07) is 14.2. The van der Waals surface area contributed by atoms with Crippen LogP contribution in [0.1, 0.15) is 127 Å². The first-order valence-corrected chi connectivity index (χ1v) is 21.3. The molecule has 3 aliphatic rings. The molecule has 0 aliphatic carbocycles. The monoisotopic (exact) mass is 837 g/mol. The van der Waals surface area contributed by atoms with E-state index in [-0.39, 0.29) is 42.1 Å². The normalized spacial score (nSPS) is 20.0. The Morgan fingerprint density at radius 2 is 1.39 bits per heavy atom. The minimum Gasteiger partial charge on any atom is -0.465 e. The molecule has 0 spiro atoms. The van der Waals surface area contributed by atoms with E-state index in [0.717, 1.165) is 53.3 Å². The standard InChI is InChI=1S/C26H35N3O4.C21H24N2O5/c1-17(2)33-26(31)27-23-12-18(3)29(19(4)30)24-9-8-21(14-22(23)24)25-13-20(16-32-25)15-28-10-6-5-7-11-28;1-12(2)22(21(26)27)19-7-13(3)23(14(4)25)18-6-5-16(9-17(18)19)20-8-15(10-24)11-28-20/h8-9,13-14,16-18,23H,5-7,10-12,15H2,1-4H3,(H,27,31);5-6,8-13,19H,7H2,1-4H3,(H,26,27). The van der Waals surface area contributed by atoms with Crippen molar-refractivity contribution in [2.75, 3.05) is 22.9 Å². The molecule has 4 amide bonds. The van der Waals surface area contributed by atoms with Crippen molar-refractivity contribution in [2.45, 2.75) is 130 Å². The van der Waals surface area contributed by atoms with Crippen LogP contribution in [0, 0.1) is 0 Å². The van der Waals surface area contributed by atoms with Gasteiger partial charge in [0, 0.05) is 66.6 Å². The number of hydrogen-bond acceptors (Lipinski definition) is 9. The molecule has 0 bridgehead atoms. The third-order valence-electron chi connectivity index (χ3n) is 11.6. The topological polar surface area (TPSA) is 166 Å². The quantitative estimate of drug-likeness (QED) is 0.155. The third kappa shape index (κ3) is 10.2. The summed E-state index contributed by atoms with van der Waals surface area (Å²) in [6.07, 6.45) is 7.22. The van der Waals surface area contributed by atoms with Crippen LogP contribution >= 0.6 is 0 Å². The van der Waals surface area contributed by atoms with Gasteiger partial charge in [-0.05, 0) is 140 Å². The van der Waals surface area contributed by atoms with E-state index in [4.69, 9.17) is 13.6 Å². The zero-order chi connectivity index (χ0) is 44.1. The summed E-state index contributed by atoms with van der Waals surface area (Å²) >= 11 is 0. The maximum absolute atomic E-state index is 12.4. The van der Waals surface area contributed by atoms with Crippen LogP contribution in [0.4, 0.5) is 21.0 Å². The molecule has 14 nitrogen and oxygen atoms in total. The van der Waals surface area contributed by atoms with Gasteiger partial charge in [-0.3, -0.25) is 24.2 Å². The number of alkyl carbamates (subject to hydrolysis) is 1. The number of carbonyl (C=O) groups is 5. The fourth-order valence-corrected chi connectivity index (χ4v) is 9.02. The average molecular weight is 838 g/mol. The van der Waals surface area contributed by atoms with E-state index in [0.29, 0.717) is 36.1 Å². The Balaban J connectivity index is 0.000000207. The van der Waals surface area contributed by atoms with Gasteiger partial charge in [0.2, 0.25) is 11.8 Å². The van der Waals surface area contributed by atoms with Crippen LogP contribution in [-0.2, 0) is 20.9 Å². The first-order chi connectivity index (χ1) is 29.1. The van der Waals surface area contributed by atoms with Crippen molar-refractivity contribution in [3.63, 3.8) is 0 Å². The summed E-state index contributed by atoms with van der Waals surface area (Å²) in [5, 5.41) is 12.8. The molecule has 4 unspecified atom stereocenters. The number of ether oxygens (including phenoxy) is 1. The molecule has 61 heavy (non-hydrogen) atoms. The van der Waals surface area contributed by atoms with E-state index in [9.17, 15) is 29.1 Å². The number of nitrogens with one attached hydrogen (secondary N) is 1. The van der Waals surface area contributed by atoms with E-state index >= 15 is 0 Å². The number of aldehydes is 1. The molecule has 1 fully saturated rings. The second-order valence-corrected chi connectivity index (χ2v) is 17.0. The first-order valence-electron chi connectivity index (χ1n) is 21.3. The predicted octanol–water partition coefficient (Wildman–Crippen LogP) is 9.59. The lowest BCUT2D eigenvalue weighted by Crippen LogP contribution is -2.48. The average Bonchev–Trinajstić information content (AvgIpc) is 3.88. The Hall–Kier alpha value is -5.89. The number of amides is 4. The van der Waals surface area contributed by atoms with Crippen LogP contribution in [-0.4, -0.2) is 82.5 Å². The summed E-state index contributed by atoms with van der Waals surface area (Å²) in [7, 11) is 0. The van der Waals surface area contributed by atoms with Crippen molar-refractivity contribution in [2.24, 2.45) is 0 Å². The number of benzene rings is 2. The van der Waals surface area contributed by atoms with Gasteiger partial charge in [-0.1, -0.05) is 6.42 Å². The molecule has 7 rings (SSSR count). The number of nitrogens with zero attached hydrogens (tertiary/aromatic N) is 4. The fraction of sp³-hybridized carbons (Fsp3) is 0.468. The largest absolute Gasteiger partial charge is 0.465 e. The summed E-state index contributed by atoms with van der Waals surface area (Å²) < 4.78 is 16.7. The first kappa shape index (κ1) is 44.7. The van der Waals surface area contributed by atoms with E-state index in [1.165, 1.54) is 42.9 Å². The minimum atomic E-state index is -0.999. The Kier molecular flexibility index (Phi) is 14.1. The lowest BCUT2D eigenvalue weighted by molar-refractivity contribution is -0.118. The highest BCUT2D eigenvalue weighted by Crippen LogP contribution is 2.44. The summed E-state index contributed by atoms with van der Waals surface area (Å²) in [5.74, 6) is 1.21. The maximum Gasteiger partial charge on any atom is 0.408 e. The molecule has 4 aromatic rings. The van der Waals surface area contributed by atoms with Crippen molar-refractivity contribution in [1.29, 1.82) is 0 Å². The van der Waals surface area contributed by atoms with Crippen molar-refractivity contribution in [1.82, 2.24) is 15.1 Å². The highest BCUT2D eigenvalue weighted by atomic mass is 16.6. The maximum atomic E-state index is 12.4. The van der Waals surface area contributed by atoms with Crippen LogP contribution in [0.2, 0.25) is 0 Å². The number of carboxylic acid groups (broad SMARTS) is 1. The van der Waals surface area contributed by atoms with Gasteiger partial charge >= 0.3 is 12.2 Å². The number of carbonyl (C=O) groups excluding carboxylic acids is 4. The number of rotatable bonds is 9. The lowest BCUT2D eigenvalue weighted by Gasteiger charge is -2.43. The number of furan rings is 2. The molecule has 5 heterocycles. The predicted molar refractivity (Wildman–Crippen MR) is 233 cm³/mol. The molecule has 3 aliphatic heterocycles. The smallest absolute Gasteiger partial charge is 0.408 e. The van der Waals surface area contributed by atoms with Gasteiger partial charge < -0.3 is 33.8 Å². The summed E-state index contributed by atoms with van der Waals surface area (Å²) in [5.41, 5.74) is 6.43. The van der Waals surface area contributed by atoms with Crippen LogP contribution in [0.25, 0.3) is 22.6 Å². The summed E-state index contributed by atoms with van der Waals surface area (Å²) in [4.78, 5) is 67.3. The summed E-state index contributed by atoms with van der Waals surface area (Å²) in [6.45, 7) is 17.5. The van der Waals surface area contributed by atoms with Crippen molar-refractivity contribution >= 4 is 41.7 Å². The molecule has 1 saturated heterocycles. The molecule has 0 saturated carbocycles. The molecule has 14 heteroatoms. The number of likely N-dealkylation sites (tertiary alicyclic amines) is 1. The van der Waals surface area contributed by atoms with Gasteiger partial charge in [0.25, 0.3) is 0 Å². The Bertz CT molecular complexity index is 2220. The van der Waals surface area contributed by atoms with Gasteiger partial charge in [-0.15, -0.1) is 0 Å². The van der Waals surface area contributed by atoms with Gasteiger partial charge in [0.1, 0.15) is 17.8 Å². The zero-order valence-electron chi connectivity index (χ0n) is 36.5. The van der Waals surface area contributed by atoms with Gasteiger partial charge in [0.05, 0.1) is 30.0 Å². The number of piperidine rings is 1. The lowest BCUT2D eigenvalue weighted by atomic mass is 9.88. The fourth-order valence-electron chi connectivity index (χ4n) is 9.02. The Morgan fingerprint density at radius 3 is 1.95 bits per heavy atom. The zero-order valence-corrected chi connectivity index (χ0v) is 36.5. The molecular formula is C47H59N5O9. The van der Waals surface area contributed by atoms with Crippen LogP contribution in [0.15, 0.2) is 69.9 Å². The second-order valence-electron chi connectivity index (χ2n) is 17.0. The van der Waals surface area contributed by atoms with E-state index in [1.54, 1.807) is 22.8 Å². The van der Waals surface area contributed by atoms with E-state index in [2.05, 4.69) is 16.3 Å². The van der Waals surface area contributed by atoms with Gasteiger partial charge in [-0.2, -0.15) is 0 Å². The molecule has 326 valence electrons. The van der Waals surface area contributed by atoms with Crippen molar-refractivity contribution in [3.8, 4) is 22.6 Å². The van der Waals surface area contributed by atoms with Gasteiger partial charge in [-0.25, -0.2) is 9.59 Å². The van der Waals surface area contributed by atoms with Crippen LogP contribution < -0.4 is 15.1 Å². The molecule has 4 atom stereocenters. The minimum absolute atomic E-state index is 0.0125. The Morgan fingerprint density at radius 1 is 0.820 bits per heavy atom. The second kappa shape index (κ2) is 19.2. The molecule has 2 aromatic carbocycles. The molecular weight excluding hydrogens is 779 g/mol.